The van der Waals surface area contributed by atoms with Gasteiger partial charge in [-0.3, -0.25) is 4.79 Å². The zero-order valence-corrected chi connectivity index (χ0v) is 14.1. The Morgan fingerprint density at radius 3 is 2.50 bits per heavy atom. The smallest absolute Gasteiger partial charge is 0.231 e. The van der Waals surface area contributed by atoms with Crippen molar-refractivity contribution in [3.05, 3.63) is 41.5 Å². The lowest BCUT2D eigenvalue weighted by molar-refractivity contribution is -0.137. The summed E-state index contributed by atoms with van der Waals surface area (Å²) < 4.78 is 27.3. The number of epoxide rings is 1. The van der Waals surface area contributed by atoms with Crippen LogP contribution in [0.25, 0.3) is 0 Å². The molecular weight excluding hydrogens is 344 g/mol. The molecule has 2 aromatic carbocycles. The number of Topliss-reactive ketones (excluding diaryl/α,β-unsaturated/α-hetero) is 1. The first kappa shape index (κ1) is 16.5. The van der Waals surface area contributed by atoms with E-state index in [9.17, 15) is 4.79 Å². The first-order valence-corrected chi connectivity index (χ1v) is 7.83. The van der Waals surface area contributed by atoms with E-state index in [1.807, 2.05) is 0 Å². The lowest BCUT2D eigenvalue weighted by Gasteiger charge is -2.12. The van der Waals surface area contributed by atoms with E-state index in [4.69, 9.17) is 28.9 Å². The molecule has 2 aliphatic heterocycles. The SMILES string of the molecule is COc1cc([C@H]2O[C@H]2C(=O)c2ccc(OO)cc2)c(OC)c2c1OCO2. The van der Waals surface area contributed by atoms with Gasteiger partial charge in [-0.15, -0.1) is 0 Å². The van der Waals surface area contributed by atoms with Gasteiger partial charge in [-0.1, -0.05) is 0 Å². The van der Waals surface area contributed by atoms with Crippen LogP contribution in [0.15, 0.2) is 30.3 Å². The summed E-state index contributed by atoms with van der Waals surface area (Å²) in [6, 6.07) is 7.84. The van der Waals surface area contributed by atoms with Crippen molar-refractivity contribution in [3.63, 3.8) is 0 Å². The molecule has 2 heterocycles. The number of benzene rings is 2. The Labute approximate surface area is 148 Å². The zero-order valence-electron chi connectivity index (χ0n) is 14.1. The van der Waals surface area contributed by atoms with Gasteiger partial charge in [0.15, 0.2) is 29.1 Å². The summed E-state index contributed by atoms with van der Waals surface area (Å²) >= 11 is 0. The van der Waals surface area contributed by atoms with Gasteiger partial charge < -0.3 is 28.6 Å². The Morgan fingerprint density at radius 2 is 1.85 bits per heavy atom. The van der Waals surface area contributed by atoms with Gasteiger partial charge in [0, 0.05) is 11.1 Å². The highest BCUT2D eigenvalue weighted by Crippen LogP contribution is 2.55. The lowest BCUT2D eigenvalue weighted by atomic mass is 10.0. The molecule has 1 fully saturated rings. The van der Waals surface area contributed by atoms with Crippen molar-refractivity contribution in [2.75, 3.05) is 21.0 Å². The fourth-order valence-electron chi connectivity index (χ4n) is 3.00. The van der Waals surface area contributed by atoms with Gasteiger partial charge in [0.2, 0.25) is 18.3 Å². The Hall–Kier alpha value is -2.97. The molecule has 0 aliphatic carbocycles. The van der Waals surface area contributed by atoms with Gasteiger partial charge in [-0.25, -0.2) is 5.26 Å². The highest BCUT2D eigenvalue weighted by molar-refractivity contribution is 6.01. The van der Waals surface area contributed by atoms with Crippen molar-refractivity contribution >= 4 is 5.78 Å². The van der Waals surface area contributed by atoms with Crippen LogP contribution < -0.4 is 23.8 Å². The van der Waals surface area contributed by atoms with E-state index in [1.165, 1.54) is 26.4 Å². The maximum absolute atomic E-state index is 12.6. The number of rotatable bonds is 6. The third-order valence-corrected chi connectivity index (χ3v) is 4.32. The van der Waals surface area contributed by atoms with Gasteiger partial charge in [0.05, 0.1) is 14.2 Å². The molecule has 26 heavy (non-hydrogen) atoms. The van der Waals surface area contributed by atoms with Crippen LogP contribution in [0, 0.1) is 0 Å². The topological polar surface area (TPSA) is 96.0 Å². The molecule has 0 radical (unpaired) electrons. The third kappa shape index (κ3) is 2.59. The molecule has 0 unspecified atom stereocenters. The molecule has 1 N–H and O–H groups in total. The highest BCUT2D eigenvalue weighted by atomic mass is 17.1. The van der Waals surface area contributed by atoms with Gasteiger partial charge >= 0.3 is 0 Å². The fraction of sp³-hybridized carbons (Fsp3) is 0.278. The number of hydrogen-bond donors (Lipinski definition) is 1. The van der Waals surface area contributed by atoms with E-state index in [-0.39, 0.29) is 18.3 Å². The molecule has 0 spiro atoms. The molecule has 4 rings (SSSR count). The van der Waals surface area contributed by atoms with E-state index in [0.717, 1.165) is 0 Å². The minimum Gasteiger partial charge on any atom is -0.493 e. The van der Waals surface area contributed by atoms with Crippen LogP contribution in [-0.2, 0) is 4.74 Å². The molecule has 8 nitrogen and oxygen atoms in total. The average molecular weight is 360 g/mol. The van der Waals surface area contributed by atoms with Crippen LogP contribution >= 0.6 is 0 Å². The van der Waals surface area contributed by atoms with Gasteiger partial charge in [-0.05, 0) is 30.3 Å². The van der Waals surface area contributed by atoms with E-state index < -0.39 is 12.2 Å². The van der Waals surface area contributed by atoms with E-state index >= 15 is 0 Å². The molecule has 0 bridgehead atoms. The maximum Gasteiger partial charge on any atom is 0.231 e. The molecule has 2 aromatic rings. The van der Waals surface area contributed by atoms with Crippen LogP contribution in [0.1, 0.15) is 22.0 Å². The number of ether oxygens (including phenoxy) is 5. The minimum absolute atomic E-state index is 0.0681. The lowest BCUT2D eigenvalue weighted by Crippen LogP contribution is -2.08. The van der Waals surface area contributed by atoms with Crippen molar-refractivity contribution < 1.29 is 38.6 Å². The molecule has 8 heteroatoms. The molecule has 136 valence electrons. The Kier molecular flexibility index (Phi) is 4.06. The molecular formula is C18H16O8. The van der Waals surface area contributed by atoms with Crippen LogP contribution in [0.5, 0.6) is 28.7 Å². The molecule has 0 aromatic heterocycles. The second-order valence-electron chi connectivity index (χ2n) is 5.72. The molecule has 2 atom stereocenters. The Morgan fingerprint density at radius 1 is 1.12 bits per heavy atom. The van der Waals surface area contributed by atoms with E-state index in [2.05, 4.69) is 4.89 Å². The standard InChI is InChI=1S/C18H16O8/c1-21-12-7-11(14(22-2)18-16(12)23-8-24-18)15-17(25-15)13(19)9-3-5-10(26-20)6-4-9/h3-7,15,17,20H,8H2,1-2H3/t15-,17+/m1/s1. The Balaban J connectivity index is 1.62. The quantitative estimate of drug-likeness (QED) is 0.363. The van der Waals surface area contributed by atoms with Crippen molar-refractivity contribution in [1.82, 2.24) is 0 Å². The van der Waals surface area contributed by atoms with Crippen LogP contribution in [0.3, 0.4) is 0 Å². The summed E-state index contributed by atoms with van der Waals surface area (Å²) in [5.74, 6) is 1.92. The number of carbonyl (C=O) groups is 1. The highest BCUT2D eigenvalue weighted by Gasteiger charge is 2.49. The second-order valence-corrected chi connectivity index (χ2v) is 5.72. The van der Waals surface area contributed by atoms with Crippen molar-refractivity contribution in [1.29, 1.82) is 0 Å². The van der Waals surface area contributed by atoms with Crippen LogP contribution in [0.2, 0.25) is 0 Å². The normalized spacial score (nSPS) is 19.8. The molecule has 1 saturated heterocycles. The summed E-state index contributed by atoms with van der Waals surface area (Å²) in [6.45, 7) is 0.0681. The maximum atomic E-state index is 12.6. The van der Waals surface area contributed by atoms with Crippen molar-refractivity contribution in [2.24, 2.45) is 0 Å². The minimum atomic E-state index is -0.644. The molecule has 2 aliphatic rings. The third-order valence-electron chi connectivity index (χ3n) is 4.32. The predicted molar refractivity (Wildman–Crippen MR) is 87.3 cm³/mol. The first-order valence-electron chi connectivity index (χ1n) is 7.83. The second kappa shape index (κ2) is 6.40. The van der Waals surface area contributed by atoms with Crippen LogP contribution in [0.4, 0.5) is 0 Å². The fourth-order valence-corrected chi connectivity index (χ4v) is 3.00. The number of hydrogen-bond acceptors (Lipinski definition) is 8. The van der Waals surface area contributed by atoms with E-state index in [0.29, 0.717) is 34.1 Å². The Bertz CT molecular complexity index is 845. The average Bonchev–Trinajstić information content (AvgIpc) is 3.33. The number of carbonyl (C=O) groups excluding carboxylic acids is 1. The number of fused-ring (bicyclic) bond motifs is 1. The summed E-state index contributed by atoms with van der Waals surface area (Å²) in [6.07, 6.45) is -1.12. The van der Waals surface area contributed by atoms with Gasteiger partial charge in [0.1, 0.15) is 6.10 Å². The molecule has 0 saturated carbocycles. The van der Waals surface area contributed by atoms with Crippen molar-refractivity contribution in [3.8, 4) is 28.7 Å². The zero-order chi connectivity index (χ0) is 18.3. The summed E-state index contributed by atoms with van der Waals surface area (Å²) in [5, 5.41) is 8.61. The first-order chi connectivity index (χ1) is 12.7. The van der Waals surface area contributed by atoms with Gasteiger partial charge in [-0.2, -0.15) is 0 Å². The van der Waals surface area contributed by atoms with Crippen LogP contribution in [-0.4, -0.2) is 38.2 Å². The van der Waals surface area contributed by atoms with Crippen molar-refractivity contribution in [2.45, 2.75) is 12.2 Å². The van der Waals surface area contributed by atoms with E-state index in [1.54, 1.807) is 18.2 Å². The summed E-state index contributed by atoms with van der Waals surface area (Å²) in [7, 11) is 3.04. The predicted octanol–water partition coefficient (Wildman–Crippen LogP) is 2.61. The largest absolute Gasteiger partial charge is 0.493 e. The molecule has 0 amide bonds. The number of ketones is 1. The summed E-state index contributed by atoms with van der Waals surface area (Å²) in [5.41, 5.74) is 1.10. The monoisotopic (exact) mass is 360 g/mol. The summed E-state index contributed by atoms with van der Waals surface area (Å²) in [4.78, 5) is 16.7. The van der Waals surface area contributed by atoms with Gasteiger partial charge in [0.25, 0.3) is 0 Å². The number of methoxy groups -OCH3 is 2.